The SMILES string of the molecule is Cc1cc(C(C)NCCCS(N)(=O)=O)c(C)o1. The average Bonchev–Trinajstić information content (AvgIpc) is 2.51. The lowest BCUT2D eigenvalue weighted by molar-refractivity contribution is 0.489. The lowest BCUT2D eigenvalue weighted by Gasteiger charge is -2.12. The van der Waals surface area contributed by atoms with Gasteiger partial charge < -0.3 is 9.73 Å². The molecule has 1 atom stereocenters. The minimum Gasteiger partial charge on any atom is -0.466 e. The lowest BCUT2D eigenvalue weighted by atomic mass is 10.1. The molecule has 3 N–H and O–H groups in total. The number of furan rings is 1. The third-order valence-electron chi connectivity index (χ3n) is 2.60. The number of hydrogen-bond donors (Lipinski definition) is 2. The molecule has 6 heteroatoms. The number of rotatable bonds is 6. The van der Waals surface area contributed by atoms with Crippen LogP contribution in [-0.4, -0.2) is 20.7 Å². The molecule has 1 aromatic rings. The second-order valence-corrected chi connectivity index (χ2v) is 6.00. The molecule has 0 aliphatic rings. The van der Waals surface area contributed by atoms with Gasteiger partial charge in [0.2, 0.25) is 10.0 Å². The van der Waals surface area contributed by atoms with E-state index in [1.54, 1.807) is 0 Å². The molecule has 5 nitrogen and oxygen atoms in total. The predicted molar refractivity (Wildman–Crippen MR) is 67.2 cm³/mol. The number of primary sulfonamides is 1. The van der Waals surface area contributed by atoms with E-state index in [9.17, 15) is 8.42 Å². The smallest absolute Gasteiger partial charge is 0.209 e. The van der Waals surface area contributed by atoms with Crippen molar-refractivity contribution in [2.45, 2.75) is 33.2 Å². The summed E-state index contributed by atoms with van der Waals surface area (Å²) < 4.78 is 26.9. The summed E-state index contributed by atoms with van der Waals surface area (Å²) in [6.45, 7) is 6.46. The van der Waals surface area contributed by atoms with E-state index >= 15 is 0 Å². The van der Waals surface area contributed by atoms with Crippen molar-refractivity contribution in [2.24, 2.45) is 5.14 Å². The fourth-order valence-corrected chi connectivity index (χ4v) is 2.33. The van der Waals surface area contributed by atoms with Crippen molar-refractivity contribution in [3.05, 3.63) is 23.2 Å². The second kappa shape index (κ2) is 5.66. The van der Waals surface area contributed by atoms with Crippen molar-refractivity contribution in [1.29, 1.82) is 0 Å². The van der Waals surface area contributed by atoms with E-state index in [4.69, 9.17) is 9.56 Å². The number of nitrogens with two attached hydrogens (primary N) is 1. The molecule has 0 saturated heterocycles. The van der Waals surface area contributed by atoms with Crippen LogP contribution in [0.15, 0.2) is 10.5 Å². The Hall–Kier alpha value is -0.850. The molecule has 17 heavy (non-hydrogen) atoms. The average molecular weight is 260 g/mol. The van der Waals surface area contributed by atoms with Crippen LogP contribution in [0, 0.1) is 13.8 Å². The van der Waals surface area contributed by atoms with Crippen molar-refractivity contribution in [2.75, 3.05) is 12.3 Å². The van der Waals surface area contributed by atoms with Gasteiger partial charge >= 0.3 is 0 Å². The Kier molecular flexibility index (Phi) is 4.73. The number of sulfonamides is 1. The maximum Gasteiger partial charge on any atom is 0.209 e. The second-order valence-electron chi connectivity index (χ2n) is 4.26. The van der Waals surface area contributed by atoms with Gasteiger partial charge in [-0.1, -0.05) is 0 Å². The van der Waals surface area contributed by atoms with Gasteiger partial charge in [-0.15, -0.1) is 0 Å². The van der Waals surface area contributed by atoms with Gasteiger partial charge in [-0.3, -0.25) is 0 Å². The van der Waals surface area contributed by atoms with E-state index < -0.39 is 10.0 Å². The van der Waals surface area contributed by atoms with Crippen LogP contribution < -0.4 is 10.5 Å². The van der Waals surface area contributed by atoms with Crippen LogP contribution in [0.3, 0.4) is 0 Å². The highest BCUT2D eigenvalue weighted by atomic mass is 32.2. The molecule has 1 unspecified atom stereocenters. The first kappa shape index (κ1) is 14.2. The standard InChI is InChI=1S/C11H20N2O3S/c1-8-7-11(10(3)16-8)9(2)13-5-4-6-17(12,14)15/h7,9,13H,4-6H2,1-3H3,(H2,12,14,15). The summed E-state index contributed by atoms with van der Waals surface area (Å²) in [5.74, 6) is 1.79. The van der Waals surface area contributed by atoms with Gasteiger partial charge in [-0.2, -0.15) is 0 Å². The zero-order valence-electron chi connectivity index (χ0n) is 10.5. The van der Waals surface area contributed by atoms with Crippen LogP contribution in [0.25, 0.3) is 0 Å². The summed E-state index contributed by atoms with van der Waals surface area (Å²) in [7, 11) is -3.35. The van der Waals surface area contributed by atoms with E-state index in [1.165, 1.54) is 0 Å². The van der Waals surface area contributed by atoms with Gasteiger partial charge in [0.1, 0.15) is 11.5 Å². The third kappa shape index (κ3) is 4.89. The molecule has 0 aliphatic carbocycles. The maximum absolute atomic E-state index is 10.7. The Morgan fingerprint density at radius 1 is 1.47 bits per heavy atom. The molecule has 0 spiro atoms. The first-order chi connectivity index (χ1) is 7.79. The molecule has 0 bridgehead atoms. The molecule has 0 aromatic carbocycles. The molecule has 0 saturated carbocycles. The minimum absolute atomic E-state index is 0.0100. The van der Waals surface area contributed by atoms with Crippen LogP contribution >= 0.6 is 0 Å². The molecule has 98 valence electrons. The molecular weight excluding hydrogens is 240 g/mol. The van der Waals surface area contributed by atoms with Gasteiger partial charge in [0.05, 0.1) is 5.75 Å². The summed E-state index contributed by atoms with van der Waals surface area (Å²) in [4.78, 5) is 0. The third-order valence-corrected chi connectivity index (χ3v) is 3.46. The summed E-state index contributed by atoms with van der Waals surface area (Å²) in [6, 6.07) is 2.14. The van der Waals surface area contributed by atoms with Gasteiger partial charge in [0, 0.05) is 11.6 Å². The van der Waals surface area contributed by atoms with Gasteiger partial charge in [0.15, 0.2) is 0 Å². The summed E-state index contributed by atoms with van der Waals surface area (Å²) in [5.41, 5.74) is 1.11. The molecular formula is C11H20N2O3S. The first-order valence-corrected chi connectivity index (χ1v) is 7.32. The van der Waals surface area contributed by atoms with Crippen LogP contribution in [0.5, 0.6) is 0 Å². The Bertz CT molecular complexity index is 465. The molecule has 1 rings (SSSR count). The van der Waals surface area contributed by atoms with E-state index in [-0.39, 0.29) is 11.8 Å². The normalized spacial score (nSPS) is 13.9. The quantitative estimate of drug-likeness (QED) is 0.753. The molecule has 0 aliphatic heterocycles. The van der Waals surface area contributed by atoms with Crippen molar-refractivity contribution in [3.8, 4) is 0 Å². The van der Waals surface area contributed by atoms with Gasteiger partial charge in [-0.05, 0) is 39.8 Å². The summed E-state index contributed by atoms with van der Waals surface area (Å²) in [6.07, 6.45) is 0.513. The topological polar surface area (TPSA) is 85.3 Å². The zero-order valence-corrected chi connectivity index (χ0v) is 11.3. The number of hydrogen-bond acceptors (Lipinski definition) is 4. The predicted octanol–water partition coefficient (Wildman–Crippen LogP) is 1.23. The zero-order chi connectivity index (χ0) is 13.1. The molecule has 0 radical (unpaired) electrons. The van der Waals surface area contributed by atoms with E-state index in [0.717, 1.165) is 17.1 Å². The Morgan fingerprint density at radius 3 is 2.59 bits per heavy atom. The van der Waals surface area contributed by atoms with Crippen LogP contribution in [0.2, 0.25) is 0 Å². The maximum atomic E-state index is 10.7. The highest BCUT2D eigenvalue weighted by Crippen LogP contribution is 2.20. The van der Waals surface area contributed by atoms with E-state index in [1.807, 2.05) is 26.8 Å². The molecule has 1 heterocycles. The van der Waals surface area contributed by atoms with Crippen molar-refractivity contribution >= 4 is 10.0 Å². The van der Waals surface area contributed by atoms with Crippen LogP contribution in [0.1, 0.15) is 36.5 Å². The monoisotopic (exact) mass is 260 g/mol. The summed E-state index contributed by atoms with van der Waals surface area (Å²) >= 11 is 0. The summed E-state index contributed by atoms with van der Waals surface area (Å²) in [5, 5.41) is 8.17. The van der Waals surface area contributed by atoms with Gasteiger partial charge in [0.25, 0.3) is 0 Å². The van der Waals surface area contributed by atoms with Crippen LogP contribution in [0.4, 0.5) is 0 Å². The highest BCUT2D eigenvalue weighted by Gasteiger charge is 2.12. The molecule has 1 aromatic heterocycles. The Balaban J connectivity index is 2.40. The van der Waals surface area contributed by atoms with Crippen molar-refractivity contribution in [3.63, 3.8) is 0 Å². The Labute approximate surface area is 102 Å². The first-order valence-electron chi connectivity index (χ1n) is 5.60. The highest BCUT2D eigenvalue weighted by molar-refractivity contribution is 7.89. The minimum atomic E-state index is -3.35. The van der Waals surface area contributed by atoms with Gasteiger partial charge in [-0.25, -0.2) is 13.6 Å². The van der Waals surface area contributed by atoms with Crippen molar-refractivity contribution < 1.29 is 12.8 Å². The van der Waals surface area contributed by atoms with E-state index in [0.29, 0.717) is 13.0 Å². The molecule has 0 fully saturated rings. The molecule has 0 amide bonds. The number of nitrogens with one attached hydrogen (secondary N) is 1. The fourth-order valence-electron chi connectivity index (χ4n) is 1.78. The number of aryl methyl sites for hydroxylation is 2. The lowest BCUT2D eigenvalue weighted by Crippen LogP contribution is -2.24. The van der Waals surface area contributed by atoms with Crippen LogP contribution in [-0.2, 0) is 10.0 Å². The Morgan fingerprint density at radius 2 is 2.12 bits per heavy atom. The van der Waals surface area contributed by atoms with E-state index in [2.05, 4.69) is 5.32 Å². The largest absolute Gasteiger partial charge is 0.466 e. The van der Waals surface area contributed by atoms with Crippen molar-refractivity contribution in [1.82, 2.24) is 5.32 Å². The fraction of sp³-hybridized carbons (Fsp3) is 0.636.